The van der Waals surface area contributed by atoms with Gasteiger partial charge in [-0.1, -0.05) is 47.8 Å². The Kier molecular flexibility index (Phi) is 7.38. The third kappa shape index (κ3) is 9.96. The molecular formula is C11H16ClO3S-. The van der Waals surface area contributed by atoms with E-state index in [4.69, 9.17) is 16.3 Å². The Morgan fingerprint density at radius 1 is 1.38 bits per heavy atom. The minimum atomic E-state index is -1.82. The lowest BCUT2D eigenvalue weighted by atomic mass is 10.3. The molecule has 1 unspecified atom stereocenters. The monoisotopic (exact) mass is 263 g/mol. The molecule has 0 N–H and O–H groups in total. The highest BCUT2D eigenvalue weighted by Crippen LogP contribution is 2.20. The molecule has 92 valence electrons. The van der Waals surface area contributed by atoms with Crippen molar-refractivity contribution in [3.63, 3.8) is 0 Å². The van der Waals surface area contributed by atoms with Crippen molar-refractivity contribution < 1.29 is 13.5 Å². The Morgan fingerprint density at radius 2 is 1.81 bits per heavy atom. The summed E-state index contributed by atoms with van der Waals surface area (Å²) < 4.78 is 24.1. The fourth-order valence-electron chi connectivity index (χ4n) is 0.769. The molecule has 5 heteroatoms. The van der Waals surface area contributed by atoms with Gasteiger partial charge in [-0.3, -0.25) is 4.21 Å². The number of halogens is 1. The molecule has 0 fully saturated rings. The van der Waals surface area contributed by atoms with E-state index in [1.54, 1.807) is 6.92 Å². The first-order valence-corrected chi connectivity index (χ1v) is 6.46. The highest BCUT2D eigenvalue weighted by molar-refractivity contribution is 7.79. The number of benzene rings is 1. The Morgan fingerprint density at radius 3 is 2.12 bits per heavy atom. The largest absolute Gasteiger partial charge is 0.772 e. The van der Waals surface area contributed by atoms with Gasteiger partial charge < -0.3 is 9.29 Å². The maximum atomic E-state index is 9.37. The van der Waals surface area contributed by atoms with Crippen LogP contribution in [0, 0.1) is 0 Å². The maximum Gasteiger partial charge on any atom is 0.176 e. The molecule has 0 heterocycles. The fraction of sp³-hybridized carbons (Fsp3) is 0.455. The Labute approximate surface area is 104 Å². The van der Waals surface area contributed by atoms with Crippen molar-refractivity contribution >= 4 is 22.7 Å². The molecule has 1 rings (SSSR count). The lowest BCUT2D eigenvalue weighted by Crippen LogP contribution is -2.19. The van der Waals surface area contributed by atoms with Crippen LogP contribution in [0.3, 0.4) is 0 Å². The molecule has 0 aliphatic heterocycles. The summed E-state index contributed by atoms with van der Waals surface area (Å²) in [6.07, 6.45) is 0. The smallest absolute Gasteiger partial charge is 0.176 e. The molecule has 1 aromatic carbocycles. The second-order valence-corrected chi connectivity index (χ2v) is 5.47. The summed E-state index contributed by atoms with van der Waals surface area (Å²) >= 11 is 4.02. The summed E-state index contributed by atoms with van der Waals surface area (Å²) in [7, 11) is 0. The Hall–Kier alpha value is -0.580. The molecular weight excluding hydrogens is 248 g/mol. The highest BCUT2D eigenvalue weighted by atomic mass is 35.5. The number of ether oxygens (including phenoxy) is 1. The molecule has 0 radical (unpaired) electrons. The van der Waals surface area contributed by atoms with Gasteiger partial charge in [-0.25, -0.2) is 0 Å². The summed E-state index contributed by atoms with van der Waals surface area (Å²) in [6, 6.07) is 9.53. The van der Waals surface area contributed by atoms with Gasteiger partial charge in [0.15, 0.2) is 5.06 Å². The zero-order chi connectivity index (χ0) is 12.6. The summed E-state index contributed by atoms with van der Waals surface area (Å²) in [5.41, 5.74) is 0. The van der Waals surface area contributed by atoms with Crippen LogP contribution in [0.15, 0.2) is 30.3 Å². The van der Waals surface area contributed by atoms with Crippen LogP contribution in [0.25, 0.3) is 0 Å². The molecule has 0 aliphatic rings. The van der Waals surface area contributed by atoms with E-state index in [1.807, 2.05) is 44.2 Å². The molecule has 0 amide bonds. The lowest BCUT2D eigenvalue weighted by Gasteiger charge is -2.18. The molecule has 1 aromatic rings. The Balaban J connectivity index is 0.000000385. The molecule has 0 aliphatic carbocycles. The topological polar surface area (TPSA) is 49.4 Å². The van der Waals surface area contributed by atoms with Crippen LogP contribution in [-0.4, -0.2) is 19.6 Å². The number of para-hydroxylation sites is 1. The van der Waals surface area contributed by atoms with Crippen LogP contribution in [-0.2, 0) is 11.1 Å². The molecule has 0 saturated heterocycles. The van der Waals surface area contributed by atoms with Crippen molar-refractivity contribution in [1.82, 2.24) is 0 Å². The second kappa shape index (κ2) is 7.65. The van der Waals surface area contributed by atoms with E-state index in [2.05, 4.69) is 0 Å². The van der Waals surface area contributed by atoms with Crippen molar-refractivity contribution in [3.05, 3.63) is 30.3 Å². The first kappa shape index (κ1) is 15.4. The van der Waals surface area contributed by atoms with Gasteiger partial charge >= 0.3 is 0 Å². The van der Waals surface area contributed by atoms with Crippen molar-refractivity contribution in [2.75, 3.05) is 5.75 Å². The maximum absolute atomic E-state index is 9.37. The van der Waals surface area contributed by atoms with Crippen LogP contribution < -0.4 is 4.74 Å². The van der Waals surface area contributed by atoms with Crippen molar-refractivity contribution in [2.24, 2.45) is 0 Å². The van der Waals surface area contributed by atoms with Crippen LogP contribution >= 0.6 is 11.6 Å². The molecule has 0 aromatic heterocycles. The molecule has 0 bridgehead atoms. The van der Waals surface area contributed by atoms with E-state index in [0.29, 0.717) is 0 Å². The molecule has 3 nitrogen and oxygen atoms in total. The second-order valence-electron chi connectivity index (χ2n) is 3.37. The Bertz CT molecular complexity index is 309. The van der Waals surface area contributed by atoms with Crippen LogP contribution in [0.5, 0.6) is 5.75 Å². The van der Waals surface area contributed by atoms with E-state index in [-0.39, 0.29) is 5.75 Å². The van der Waals surface area contributed by atoms with Gasteiger partial charge in [0.1, 0.15) is 5.75 Å². The van der Waals surface area contributed by atoms with Gasteiger partial charge in [0.2, 0.25) is 0 Å². The molecule has 1 atom stereocenters. The fourth-order valence-corrected chi connectivity index (χ4v) is 0.858. The summed E-state index contributed by atoms with van der Waals surface area (Å²) in [6.45, 7) is 5.20. The number of alkyl halides is 1. The third-order valence-corrected chi connectivity index (χ3v) is 1.89. The van der Waals surface area contributed by atoms with Crippen LogP contribution in [0.2, 0.25) is 0 Å². The quantitative estimate of drug-likeness (QED) is 0.622. The first-order chi connectivity index (χ1) is 7.35. The van der Waals surface area contributed by atoms with E-state index in [0.717, 1.165) is 5.75 Å². The highest BCUT2D eigenvalue weighted by Gasteiger charge is 2.13. The van der Waals surface area contributed by atoms with Crippen molar-refractivity contribution in [3.8, 4) is 5.75 Å². The number of hydrogen-bond donors (Lipinski definition) is 0. The number of rotatable bonds is 3. The predicted octanol–water partition coefficient (Wildman–Crippen LogP) is 2.93. The zero-order valence-electron chi connectivity index (χ0n) is 9.60. The summed E-state index contributed by atoms with van der Waals surface area (Å²) in [4.78, 5) is 0. The van der Waals surface area contributed by atoms with Gasteiger partial charge in [-0.05, 0) is 26.0 Å². The minimum Gasteiger partial charge on any atom is -0.772 e. The van der Waals surface area contributed by atoms with Gasteiger partial charge in [-0.15, -0.1) is 0 Å². The standard InChI is InChI=1S/C9H11ClO.C2H6O2S/c1-9(2,10)11-8-6-4-3-5-7-8;1-2-5(3)4/h3-7H,1-2H3;2H2,1H3,(H,3,4)/p-1. The normalized spacial score (nSPS) is 12.3. The number of hydrogen-bond acceptors (Lipinski definition) is 3. The van der Waals surface area contributed by atoms with E-state index < -0.39 is 16.1 Å². The summed E-state index contributed by atoms with van der Waals surface area (Å²) in [5, 5.41) is -0.624. The van der Waals surface area contributed by atoms with Gasteiger partial charge in [0, 0.05) is 5.75 Å². The molecule has 0 saturated carbocycles. The van der Waals surface area contributed by atoms with Crippen LogP contribution in [0.1, 0.15) is 20.8 Å². The average molecular weight is 264 g/mol. The lowest BCUT2D eigenvalue weighted by molar-refractivity contribution is 0.199. The third-order valence-electron chi connectivity index (χ3n) is 1.34. The van der Waals surface area contributed by atoms with E-state index in [9.17, 15) is 8.76 Å². The van der Waals surface area contributed by atoms with Gasteiger partial charge in [0.25, 0.3) is 0 Å². The average Bonchev–Trinajstić information content (AvgIpc) is 2.17. The summed E-state index contributed by atoms with van der Waals surface area (Å²) in [5.74, 6) is 1.02. The SMILES string of the molecule is CC(C)(Cl)Oc1ccccc1.CCS(=O)[O-]. The predicted molar refractivity (Wildman–Crippen MR) is 66.5 cm³/mol. The van der Waals surface area contributed by atoms with Crippen molar-refractivity contribution in [2.45, 2.75) is 25.8 Å². The van der Waals surface area contributed by atoms with Crippen molar-refractivity contribution in [1.29, 1.82) is 0 Å². The minimum absolute atomic E-state index is 0.222. The van der Waals surface area contributed by atoms with Crippen LogP contribution in [0.4, 0.5) is 0 Å². The van der Waals surface area contributed by atoms with Gasteiger partial charge in [0.05, 0.1) is 0 Å². The zero-order valence-corrected chi connectivity index (χ0v) is 11.2. The van der Waals surface area contributed by atoms with E-state index in [1.165, 1.54) is 0 Å². The molecule has 0 spiro atoms. The van der Waals surface area contributed by atoms with E-state index >= 15 is 0 Å². The first-order valence-electron chi connectivity index (χ1n) is 4.84. The van der Waals surface area contributed by atoms with Gasteiger partial charge in [-0.2, -0.15) is 0 Å². The molecule has 16 heavy (non-hydrogen) atoms.